The molecule has 0 aliphatic carbocycles. The van der Waals surface area contributed by atoms with Crippen LogP contribution >= 0.6 is 0 Å². The van der Waals surface area contributed by atoms with Crippen LogP contribution in [-0.2, 0) is 25.9 Å². The summed E-state index contributed by atoms with van der Waals surface area (Å²) < 4.78 is 0. The summed E-state index contributed by atoms with van der Waals surface area (Å²) in [6.45, 7) is 6.92. The molecule has 0 saturated carbocycles. The van der Waals surface area contributed by atoms with Crippen LogP contribution in [0, 0.1) is 0 Å². The van der Waals surface area contributed by atoms with Gasteiger partial charge in [0.15, 0.2) is 0 Å². The van der Waals surface area contributed by atoms with E-state index in [1.54, 1.807) is 24.8 Å². The second kappa shape index (κ2) is 23.8. The number of rotatable bonds is 11. The molecule has 0 fully saturated rings. The molecule has 0 unspecified atom stereocenters. The van der Waals surface area contributed by atoms with E-state index in [1.165, 1.54) is 30.4 Å². The maximum absolute atomic E-state index is 5.52. The van der Waals surface area contributed by atoms with Gasteiger partial charge >= 0.3 is 19.5 Å². The minimum Gasteiger partial charge on any atom is -0.330 e. The van der Waals surface area contributed by atoms with Crippen LogP contribution in [0.25, 0.3) is 22.8 Å². The minimum absolute atomic E-state index is 0. The number of allylic oxidation sites excluding steroid dienone is 3. The molecule has 5 rings (SSSR count). The normalized spacial score (nSPS) is 10.5. The fourth-order valence-corrected chi connectivity index (χ4v) is 4.26. The quantitative estimate of drug-likeness (QED) is 0.0835. The molecule has 0 aliphatic heterocycles. The van der Waals surface area contributed by atoms with E-state index in [-0.39, 0.29) is 19.5 Å². The SMILES string of the molecule is C/C=C/N=C(C=C(C)C)c1cc(CCCCCCN)ccn1.[Ru+3].c1ccc(-c2ccccn2)nc1.c1ccc(-c2ccccn2)nc1. The number of hydrogen-bond acceptors (Lipinski definition) is 7. The van der Waals surface area contributed by atoms with Crippen molar-refractivity contribution in [2.45, 2.75) is 52.9 Å². The summed E-state index contributed by atoms with van der Waals surface area (Å²) in [5.41, 5.74) is 13.6. The standard InChI is InChI=1S/C19H29N3.2C10H8N2.Ru/c1-4-12-21-18(14-16(2)3)19-15-17(10-13-22-19)9-7-5-6-8-11-20;2*1-3-7-11-9(5-1)10-6-2-4-8-12-10;/h4,10,12-15H,5-9,11,20H2,1-3H3;2*1-8H;/q;;;+3/b12-4+,21-18?;;;. The largest absolute Gasteiger partial charge is 3.00 e. The van der Waals surface area contributed by atoms with E-state index < -0.39 is 0 Å². The van der Waals surface area contributed by atoms with Gasteiger partial charge < -0.3 is 5.73 Å². The van der Waals surface area contributed by atoms with Gasteiger partial charge in [-0.1, -0.05) is 48.8 Å². The van der Waals surface area contributed by atoms with Crippen molar-refractivity contribution in [1.82, 2.24) is 24.9 Å². The van der Waals surface area contributed by atoms with E-state index in [0.29, 0.717) is 0 Å². The fraction of sp³-hybridized carbons (Fsp3) is 0.231. The predicted molar refractivity (Wildman–Crippen MR) is 191 cm³/mol. The molecule has 8 heteroatoms. The molecule has 1 radical (unpaired) electrons. The zero-order valence-electron chi connectivity index (χ0n) is 27.6. The number of pyridine rings is 5. The Morgan fingerprint density at radius 2 is 1.13 bits per heavy atom. The van der Waals surface area contributed by atoms with Crippen LogP contribution in [0.5, 0.6) is 0 Å². The Morgan fingerprint density at radius 3 is 1.53 bits per heavy atom. The van der Waals surface area contributed by atoms with Gasteiger partial charge in [-0.3, -0.25) is 29.9 Å². The summed E-state index contributed by atoms with van der Waals surface area (Å²) in [5, 5.41) is 0. The second-order valence-corrected chi connectivity index (χ2v) is 10.6. The van der Waals surface area contributed by atoms with Crippen molar-refractivity contribution >= 4 is 5.71 Å². The first kappa shape index (κ1) is 38.7. The third kappa shape index (κ3) is 15.6. The van der Waals surface area contributed by atoms with Crippen LogP contribution in [0.15, 0.2) is 145 Å². The molecule has 5 aromatic heterocycles. The first-order chi connectivity index (χ1) is 22.6. The minimum atomic E-state index is 0. The van der Waals surface area contributed by atoms with Gasteiger partial charge in [-0.25, -0.2) is 0 Å². The molecule has 5 heterocycles. The number of unbranched alkanes of at least 4 members (excludes halogenated alkanes) is 3. The van der Waals surface area contributed by atoms with Gasteiger partial charge in [-0.2, -0.15) is 0 Å². The van der Waals surface area contributed by atoms with Crippen molar-refractivity contribution in [3.05, 3.63) is 151 Å². The van der Waals surface area contributed by atoms with Crippen LogP contribution in [0.4, 0.5) is 0 Å². The van der Waals surface area contributed by atoms with Crippen molar-refractivity contribution in [2.75, 3.05) is 6.54 Å². The Balaban J connectivity index is 0.000000260. The van der Waals surface area contributed by atoms with Gasteiger partial charge in [0, 0.05) is 37.2 Å². The molecule has 47 heavy (non-hydrogen) atoms. The molecule has 5 aromatic rings. The number of aliphatic imine (C=N–C) groups is 1. The molecule has 0 spiro atoms. The fourth-order valence-electron chi connectivity index (χ4n) is 4.26. The molecule has 7 nitrogen and oxygen atoms in total. The molecule has 0 atom stereocenters. The molecular weight excluding hydrogens is 668 g/mol. The number of nitrogens with zero attached hydrogens (tertiary/aromatic N) is 6. The van der Waals surface area contributed by atoms with Crippen molar-refractivity contribution in [3.63, 3.8) is 0 Å². The van der Waals surface area contributed by atoms with Gasteiger partial charge in [-0.05, 0) is 119 Å². The number of hydrogen-bond donors (Lipinski definition) is 1. The average Bonchev–Trinajstić information content (AvgIpc) is 3.12. The maximum atomic E-state index is 5.52. The topological polar surface area (TPSA) is 103 Å². The van der Waals surface area contributed by atoms with Crippen LogP contribution in [0.2, 0.25) is 0 Å². The molecule has 241 valence electrons. The Morgan fingerprint density at radius 1 is 0.638 bits per heavy atom. The molecule has 0 aliphatic rings. The van der Waals surface area contributed by atoms with Crippen molar-refractivity contribution < 1.29 is 19.5 Å². The first-order valence-corrected chi connectivity index (χ1v) is 15.7. The van der Waals surface area contributed by atoms with E-state index >= 15 is 0 Å². The van der Waals surface area contributed by atoms with Crippen LogP contribution < -0.4 is 5.73 Å². The molecular formula is C39H45N7Ru+3. The van der Waals surface area contributed by atoms with Crippen molar-refractivity contribution in [1.29, 1.82) is 0 Å². The van der Waals surface area contributed by atoms with E-state index in [2.05, 4.69) is 62.0 Å². The average molecular weight is 713 g/mol. The first-order valence-electron chi connectivity index (χ1n) is 15.7. The van der Waals surface area contributed by atoms with Crippen LogP contribution in [0.1, 0.15) is 57.7 Å². The van der Waals surface area contributed by atoms with E-state index in [4.69, 9.17) is 5.73 Å². The predicted octanol–water partition coefficient (Wildman–Crippen LogP) is 8.72. The van der Waals surface area contributed by atoms with Crippen molar-refractivity contribution in [2.24, 2.45) is 10.7 Å². The summed E-state index contributed by atoms with van der Waals surface area (Å²) in [6.07, 6.45) is 20.7. The van der Waals surface area contributed by atoms with Gasteiger partial charge in [0.1, 0.15) is 0 Å². The molecule has 0 bridgehead atoms. The smallest absolute Gasteiger partial charge is 0.330 e. The van der Waals surface area contributed by atoms with E-state index in [9.17, 15) is 0 Å². The van der Waals surface area contributed by atoms with Crippen LogP contribution in [0.3, 0.4) is 0 Å². The zero-order valence-corrected chi connectivity index (χ0v) is 29.3. The van der Waals surface area contributed by atoms with Gasteiger partial charge in [0.2, 0.25) is 0 Å². The third-order valence-corrected chi connectivity index (χ3v) is 6.48. The Kier molecular flexibility index (Phi) is 19.6. The molecule has 0 saturated heterocycles. The third-order valence-electron chi connectivity index (χ3n) is 6.48. The number of nitrogens with two attached hydrogens (primary N) is 1. The molecule has 2 N–H and O–H groups in total. The number of aryl methyl sites for hydroxylation is 1. The van der Waals surface area contributed by atoms with Gasteiger partial charge in [0.05, 0.1) is 34.2 Å². The summed E-state index contributed by atoms with van der Waals surface area (Å²) in [5.74, 6) is 0. The van der Waals surface area contributed by atoms with Gasteiger partial charge in [-0.15, -0.1) is 0 Å². The summed E-state index contributed by atoms with van der Waals surface area (Å²) in [4.78, 5) is 25.7. The van der Waals surface area contributed by atoms with E-state index in [0.717, 1.165) is 53.6 Å². The maximum Gasteiger partial charge on any atom is 3.00 e. The Labute approximate surface area is 293 Å². The summed E-state index contributed by atoms with van der Waals surface area (Å²) in [7, 11) is 0. The summed E-state index contributed by atoms with van der Waals surface area (Å²) in [6, 6.07) is 27.4. The summed E-state index contributed by atoms with van der Waals surface area (Å²) >= 11 is 0. The monoisotopic (exact) mass is 713 g/mol. The Bertz CT molecular complexity index is 1460. The number of aromatic nitrogens is 5. The van der Waals surface area contributed by atoms with Crippen LogP contribution in [-0.4, -0.2) is 37.2 Å². The van der Waals surface area contributed by atoms with E-state index in [1.807, 2.05) is 98.2 Å². The van der Waals surface area contributed by atoms with Gasteiger partial charge in [0.25, 0.3) is 0 Å². The Hall–Kier alpha value is -4.52. The second-order valence-electron chi connectivity index (χ2n) is 10.6. The zero-order chi connectivity index (χ0) is 32.7. The van der Waals surface area contributed by atoms with Crippen molar-refractivity contribution in [3.8, 4) is 22.8 Å². The molecule has 0 amide bonds. The molecule has 0 aromatic carbocycles.